The van der Waals surface area contributed by atoms with E-state index in [4.69, 9.17) is 33.7 Å². The van der Waals surface area contributed by atoms with Crippen LogP contribution >= 0.6 is 23.2 Å². The third kappa shape index (κ3) is 5.59. The summed E-state index contributed by atoms with van der Waals surface area (Å²) in [7, 11) is 0. The Balaban J connectivity index is 2.12. The lowest BCUT2D eigenvalue weighted by molar-refractivity contribution is -0.148. The molecule has 1 aromatic rings. The van der Waals surface area contributed by atoms with Gasteiger partial charge in [-0.25, -0.2) is 4.79 Å². The van der Waals surface area contributed by atoms with Crippen LogP contribution in [0.1, 0.15) is 31.7 Å². The molecule has 25 heavy (non-hydrogen) atoms. The Morgan fingerprint density at radius 1 is 1.28 bits per heavy atom. The monoisotopic (exact) mass is 386 g/mol. The summed E-state index contributed by atoms with van der Waals surface area (Å²) >= 11 is 12.0. The number of carbonyl (C=O) groups is 2. The molecule has 1 amide bonds. The minimum atomic E-state index is -0.777. The number of ether oxygens (including phenoxy) is 1. The largest absolute Gasteiger partial charge is 0.464 e. The minimum Gasteiger partial charge on any atom is -0.464 e. The van der Waals surface area contributed by atoms with Gasteiger partial charge in [0.25, 0.3) is 0 Å². The normalized spacial score (nSPS) is 21.0. The molecule has 0 aliphatic heterocycles. The van der Waals surface area contributed by atoms with Crippen LogP contribution in [0.4, 0.5) is 0 Å². The molecule has 1 aliphatic rings. The number of hydrogen-bond acceptors (Lipinski definition) is 4. The number of esters is 1. The zero-order valence-electron chi connectivity index (χ0n) is 14.3. The van der Waals surface area contributed by atoms with E-state index in [9.17, 15) is 9.59 Å². The summed E-state index contributed by atoms with van der Waals surface area (Å²) < 4.78 is 5.11. The van der Waals surface area contributed by atoms with E-state index in [1.54, 1.807) is 25.1 Å². The summed E-state index contributed by atoms with van der Waals surface area (Å²) in [4.78, 5) is 24.9. The smallest absolute Gasteiger partial charge is 0.328 e. The maximum Gasteiger partial charge on any atom is 0.328 e. The second kappa shape index (κ2) is 9.41. The summed E-state index contributed by atoms with van der Waals surface area (Å²) in [5.41, 5.74) is 6.52. The van der Waals surface area contributed by atoms with Crippen molar-refractivity contribution in [1.29, 1.82) is 0 Å². The number of rotatable bonds is 7. The lowest BCUT2D eigenvalue weighted by Crippen LogP contribution is -2.47. The van der Waals surface area contributed by atoms with Gasteiger partial charge in [0.05, 0.1) is 6.61 Å². The molecule has 138 valence electrons. The van der Waals surface area contributed by atoms with Gasteiger partial charge in [-0.05, 0) is 56.0 Å². The SMILES string of the molecule is CCOC(=O)C(Cc1cc(Cl)cc(Cl)c1)NC(=O)[C@@H]1CCC[C@@H]1CN. The van der Waals surface area contributed by atoms with Crippen LogP contribution in [0, 0.1) is 11.8 Å². The predicted molar refractivity (Wildman–Crippen MR) is 98.6 cm³/mol. The Bertz CT molecular complexity index is 604. The van der Waals surface area contributed by atoms with Gasteiger partial charge in [-0.3, -0.25) is 4.79 Å². The lowest BCUT2D eigenvalue weighted by atomic mass is 9.94. The van der Waals surface area contributed by atoms with Crippen LogP contribution in [-0.4, -0.2) is 31.1 Å². The van der Waals surface area contributed by atoms with Gasteiger partial charge in [0.2, 0.25) is 5.91 Å². The zero-order valence-corrected chi connectivity index (χ0v) is 15.8. The van der Waals surface area contributed by atoms with Crippen molar-refractivity contribution in [3.8, 4) is 0 Å². The number of nitrogens with two attached hydrogens (primary N) is 1. The number of nitrogens with one attached hydrogen (secondary N) is 1. The molecule has 0 spiro atoms. The molecule has 1 fully saturated rings. The molecule has 3 atom stereocenters. The summed E-state index contributed by atoms with van der Waals surface area (Å²) in [6.07, 6.45) is 2.99. The summed E-state index contributed by atoms with van der Waals surface area (Å²) in [5, 5.41) is 3.80. The molecule has 1 unspecified atom stereocenters. The lowest BCUT2D eigenvalue weighted by Gasteiger charge is -2.22. The van der Waals surface area contributed by atoms with E-state index < -0.39 is 12.0 Å². The summed E-state index contributed by atoms with van der Waals surface area (Å²) in [5.74, 6) is -0.582. The molecule has 0 heterocycles. The van der Waals surface area contributed by atoms with Crippen molar-refractivity contribution in [1.82, 2.24) is 5.32 Å². The van der Waals surface area contributed by atoms with Crippen molar-refractivity contribution >= 4 is 35.1 Å². The van der Waals surface area contributed by atoms with E-state index in [2.05, 4.69) is 5.32 Å². The maximum atomic E-state index is 12.6. The molecule has 0 bridgehead atoms. The van der Waals surface area contributed by atoms with E-state index in [0.717, 1.165) is 24.8 Å². The van der Waals surface area contributed by atoms with Crippen molar-refractivity contribution in [3.63, 3.8) is 0 Å². The number of amides is 1. The molecule has 1 aliphatic carbocycles. The van der Waals surface area contributed by atoms with Gasteiger partial charge >= 0.3 is 5.97 Å². The van der Waals surface area contributed by atoms with E-state index in [-0.39, 0.29) is 30.8 Å². The highest BCUT2D eigenvalue weighted by Crippen LogP contribution is 2.31. The molecule has 0 saturated heterocycles. The topological polar surface area (TPSA) is 81.4 Å². The van der Waals surface area contributed by atoms with E-state index in [0.29, 0.717) is 16.6 Å². The highest BCUT2D eigenvalue weighted by molar-refractivity contribution is 6.34. The Morgan fingerprint density at radius 3 is 2.56 bits per heavy atom. The first-order chi connectivity index (χ1) is 11.9. The van der Waals surface area contributed by atoms with Crippen LogP contribution < -0.4 is 11.1 Å². The molecule has 3 N–H and O–H groups in total. The minimum absolute atomic E-state index is 0.140. The van der Waals surface area contributed by atoms with Gasteiger partial charge in [0.15, 0.2) is 0 Å². The van der Waals surface area contributed by atoms with E-state index >= 15 is 0 Å². The Morgan fingerprint density at radius 2 is 1.96 bits per heavy atom. The standard InChI is InChI=1S/C18H24Cl2N2O3/c1-2-25-18(24)16(8-11-6-13(19)9-14(20)7-11)22-17(23)15-5-3-4-12(15)10-21/h6-7,9,12,15-16H,2-5,8,10,21H2,1H3,(H,22,23)/t12-,15-,16?/m1/s1. The van der Waals surface area contributed by atoms with Crippen molar-refractivity contribution in [2.45, 2.75) is 38.6 Å². The van der Waals surface area contributed by atoms with Gasteiger partial charge in [0.1, 0.15) is 6.04 Å². The first kappa shape index (κ1) is 20.0. The zero-order chi connectivity index (χ0) is 18.4. The van der Waals surface area contributed by atoms with Crippen LogP contribution in [0.3, 0.4) is 0 Å². The Labute approximate surface area is 158 Å². The molecule has 7 heteroatoms. The first-order valence-electron chi connectivity index (χ1n) is 8.56. The van der Waals surface area contributed by atoms with Gasteiger partial charge in [-0.1, -0.05) is 29.6 Å². The van der Waals surface area contributed by atoms with Gasteiger partial charge in [-0.2, -0.15) is 0 Å². The molecule has 5 nitrogen and oxygen atoms in total. The average molecular weight is 387 g/mol. The van der Waals surface area contributed by atoms with Crippen LogP contribution in [0.2, 0.25) is 10.0 Å². The predicted octanol–water partition coefficient (Wildman–Crippen LogP) is 2.96. The fourth-order valence-electron chi connectivity index (χ4n) is 3.34. The van der Waals surface area contributed by atoms with Gasteiger partial charge in [-0.15, -0.1) is 0 Å². The Kier molecular flexibility index (Phi) is 7.54. The third-order valence-corrected chi connectivity index (χ3v) is 4.98. The quantitative estimate of drug-likeness (QED) is 0.705. The number of carbonyl (C=O) groups excluding carboxylic acids is 2. The first-order valence-corrected chi connectivity index (χ1v) is 9.32. The third-order valence-electron chi connectivity index (χ3n) is 4.55. The molecule has 0 aromatic heterocycles. The van der Waals surface area contributed by atoms with Gasteiger partial charge < -0.3 is 15.8 Å². The van der Waals surface area contributed by atoms with Crippen LogP contribution in [0.5, 0.6) is 0 Å². The van der Waals surface area contributed by atoms with Crippen LogP contribution in [0.15, 0.2) is 18.2 Å². The second-order valence-corrected chi connectivity index (χ2v) is 7.20. The summed E-state index contributed by atoms with van der Waals surface area (Å²) in [6.45, 7) is 2.46. The van der Waals surface area contributed by atoms with Crippen LogP contribution in [-0.2, 0) is 20.7 Å². The van der Waals surface area contributed by atoms with E-state index in [1.807, 2.05) is 0 Å². The number of hydrogen-bond donors (Lipinski definition) is 2. The van der Waals surface area contributed by atoms with Crippen molar-refractivity contribution in [2.75, 3.05) is 13.2 Å². The average Bonchev–Trinajstić information content (AvgIpc) is 3.02. The molecular weight excluding hydrogens is 363 g/mol. The fourth-order valence-corrected chi connectivity index (χ4v) is 3.91. The van der Waals surface area contributed by atoms with Crippen molar-refractivity contribution in [2.24, 2.45) is 17.6 Å². The highest BCUT2D eigenvalue weighted by Gasteiger charge is 2.34. The number of halogens is 2. The highest BCUT2D eigenvalue weighted by atomic mass is 35.5. The molecule has 0 radical (unpaired) electrons. The number of benzene rings is 1. The molecule has 2 rings (SSSR count). The fraction of sp³-hybridized carbons (Fsp3) is 0.556. The molecule has 1 saturated carbocycles. The van der Waals surface area contributed by atoms with Crippen molar-refractivity contribution in [3.05, 3.63) is 33.8 Å². The molecule has 1 aromatic carbocycles. The van der Waals surface area contributed by atoms with Crippen LogP contribution in [0.25, 0.3) is 0 Å². The van der Waals surface area contributed by atoms with E-state index in [1.165, 1.54) is 0 Å². The molecular formula is C18H24Cl2N2O3. The second-order valence-electron chi connectivity index (χ2n) is 6.33. The van der Waals surface area contributed by atoms with Crippen molar-refractivity contribution < 1.29 is 14.3 Å². The Hall–Kier alpha value is -1.30. The maximum absolute atomic E-state index is 12.6. The van der Waals surface area contributed by atoms with Gasteiger partial charge in [0, 0.05) is 22.4 Å². The summed E-state index contributed by atoms with van der Waals surface area (Å²) in [6, 6.07) is 4.30.